The molecule has 34 heavy (non-hydrogen) atoms. The molecule has 2 heterocycles. The molecule has 1 amide bonds. The van der Waals surface area contributed by atoms with Gasteiger partial charge in [0, 0.05) is 42.2 Å². The van der Waals surface area contributed by atoms with E-state index in [9.17, 15) is 18.0 Å². The summed E-state index contributed by atoms with van der Waals surface area (Å²) in [4.78, 5) is 18.4. The normalized spacial score (nSPS) is 14.3. The third-order valence-corrected chi connectivity index (χ3v) is 5.58. The largest absolute Gasteiger partial charge is 0.418 e. The van der Waals surface area contributed by atoms with Crippen LogP contribution in [0.25, 0.3) is 11.4 Å². The topological polar surface area (TPSA) is 80.5 Å². The number of amides is 1. The number of morpholine rings is 1. The molecule has 1 aliphatic heterocycles. The van der Waals surface area contributed by atoms with E-state index in [1.165, 1.54) is 6.07 Å². The van der Waals surface area contributed by atoms with Crippen LogP contribution in [0.15, 0.2) is 47.0 Å². The number of aryl methyl sites for hydroxylation is 1. The van der Waals surface area contributed by atoms with Crippen molar-refractivity contribution in [1.82, 2.24) is 10.1 Å². The van der Waals surface area contributed by atoms with Crippen LogP contribution < -0.4 is 10.2 Å². The number of benzene rings is 2. The van der Waals surface area contributed by atoms with E-state index < -0.39 is 17.6 Å². The van der Waals surface area contributed by atoms with Gasteiger partial charge in [0.25, 0.3) is 0 Å². The van der Waals surface area contributed by atoms with Gasteiger partial charge in [-0.05, 0) is 48.9 Å². The first-order valence-electron chi connectivity index (χ1n) is 10.7. The summed E-state index contributed by atoms with van der Waals surface area (Å²) in [6.07, 6.45) is -3.95. The van der Waals surface area contributed by atoms with Gasteiger partial charge in [0.2, 0.25) is 17.6 Å². The first kappa shape index (κ1) is 24.0. The number of alkyl halides is 3. The van der Waals surface area contributed by atoms with Crippen LogP contribution in [0.5, 0.6) is 0 Å². The van der Waals surface area contributed by atoms with Crippen LogP contribution in [-0.2, 0) is 22.1 Å². The fraction of sp³-hybridized carbons (Fsp3) is 0.348. The minimum absolute atomic E-state index is 0.00116. The van der Waals surface area contributed by atoms with E-state index >= 15 is 0 Å². The van der Waals surface area contributed by atoms with Crippen molar-refractivity contribution in [2.24, 2.45) is 0 Å². The maximum atomic E-state index is 13.7. The van der Waals surface area contributed by atoms with Crippen molar-refractivity contribution in [2.75, 3.05) is 36.5 Å². The molecule has 0 atom stereocenters. The van der Waals surface area contributed by atoms with Gasteiger partial charge >= 0.3 is 6.18 Å². The van der Waals surface area contributed by atoms with Crippen molar-refractivity contribution in [1.29, 1.82) is 0 Å². The Morgan fingerprint density at radius 2 is 1.85 bits per heavy atom. The van der Waals surface area contributed by atoms with Crippen LogP contribution in [0.2, 0.25) is 5.02 Å². The molecule has 4 rings (SSSR count). The summed E-state index contributed by atoms with van der Waals surface area (Å²) >= 11 is 5.87. The molecule has 180 valence electrons. The fourth-order valence-corrected chi connectivity index (χ4v) is 3.71. The lowest BCUT2D eigenvalue weighted by molar-refractivity contribution is -0.136. The van der Waals surface area contributed by atoms with E-state index in [0.29, 0.717) is 61.6 Å². The molecule has 1 fully saturated rings. The Kier molecular flexibility index (Phi) is 7.38. The minimum atomic E-state index is -4.60. The third kappa shape index (κ3) is 6.06. The van der Waals surface area contributed by atoms with E-state index in [-0.39, 0.29) is 12.1 Å². The number of anilines is 2. The highest BCUT2D eigenvalue weighted by atomic mass is 35.5. The average molecular weight is 495 g/mol. The van der Waals surface area contributed by atoms with Crippen molar-refractivity contribution in [3.63, 3.8) is 0 Å². The molecule has 0 spiro atoms. The number of ether oxygens (including phenoxy) is 1. The second-order valence-corrected chi connectivity index (χ2v) is 8.18. The molecule has 0 radical (unpaired) electrons. The summed E-state index contributed by atoms with van der Waals surface area (Å²) in [6.45, 7) is 1.94. The van der Waals surface area contributed by atoms with E-state index in [1.807, 2.05) is 4.90 Å². The Bertz CT molecular complexity index is 1130. The predicted octanol–water partition coefficient (Wildman–Crippen LogP) is 5.21. The maximum absolute atomic E-state index is 13.7. The molecule has 1 N–H and O–H groups in total. The van der Waals surface area contributed by atoms with Gasteiger partial charge in [0.15, 0.2) is 0 Å². The average Bonchev–Trinajstić information content (AvgIpc) is 3.28. The monoisotopic (exact) mass is 494 g/mol. The van der Waals surface area contributed by atoms with E-state index in [1.54, 1.807) is 30.3 Å². The maximum Gasteiger partial charge on any atom is 0.418 e. The molecule has 0 saturated carbocycles. The Labute approximate surface area is 198 Å². The zero-order chi connectivity index (χ0) is 24.1. The van der Waals surface area contributed by atoms with Crippen LogP contribution in [0.4, 0.5) is 24.5 Å². The Hall–Kier alpha value is -3.11. The van der Waals surface area contributed by atoms with Crippen LogP contribution in [-0.4, -0.2) is 42.4 Å². The predicted molar refractivity (Wildman–Crippen MR) is 121 cm³/mol. The quantitative estimate of drug-likeness (QED) is 0.486. The number of nitrogens with one attached hydrogen (secondary N) is 1. The molecule has 11 heteroatoms. The van der Waals surface area contributed by atoms with E-state index in [0.717, 1.165) is 11.6 Å². The second kappa shape index (κ2) is 10.4. The highest BCUT2D eigenvalue weighted by molar-refractivity contribution is 6.30. The van der Waals surface area contributed by atoms with Crippen LogP contribution in [0.1, 0.15) is 24.3 Å². The third-order valence-electron chi connectivity index (χ3n) is 5.32. The molecule has 1 saturated heterocycles. The van der Waals surface area contributed by atoms with Crippen LogP contribution in [0.3, 0.4) is 0 Å². The lowest BCUT2D eigenvalue weighted by atomic mass is 10.1. The number of rotatable bonds is 7. The second-order valence-electron chi connectivity index (χ2n) is 7.75. The molecular formula is C23H22ClF3N4O3. The number of halogens is 4. The molecule has 0 aliphatic carbocycles. The van der Waals surface area contributed by atoms with E-state index in [4.69, 9.17) is 20.9 Å². The molecule has 0 bridgehead atoms. The highest BCUT2D eigenvalue weighted by Gasteiger charge is 2.34. The molecule has 1 aromatic heterocycles. The van der Waals surface area contributed by atoms with Gasteiger partial charge in [-0.25, -0.2) is 0 Å². The molecule has 7 nitrogen and oxygen atoms in total. The van der Waals surface area contributed by atoms with Crippen molar-refractivity contribution in [2.45, 2.75) is 25.4 Å². The van der Waals surface area contributed by atoms with Gasteiger partial charge in [-0.1, -0.05) is 16.8 Å². The minimum Gasteiger partial charge on any atom is -0.378 e. The number of carbonyl (C=O) groups excluding carboxylic acids is 1. The molecule has 3 aromatic rings. The molecule has 0 unspecified atom stereocenters. The van der Waals surface area contributed by atoms with Gasteiger partial charge in [-0.15, -0.1) is 0 Å². The Morgan fingerprint density at radius 3 is 2.56 bits per heavy atom. The number of hydrogen-bond donors (Lipinski definition) is 1. The van der Waals surface area contributed by atoms with Crippen LogP contribution in [0, 0.1) is 0 Å². The van der Waals surface area contributed by atoms with Crippen molar-refractivity contribution >= 4 is 28.9 Å². The van der Waals surface area contributed by atoms with Gasteiger partial charge in [-0.2, -0.15) is 18.2 Å². The van der Waals surface area contributed by atoms with Gasteiger partial charge in [-0.3, -0.25) is 4.79 Å². The summed E-state index contributed by atoms with van der Waals surface area (Å²) in [5.74, 6) is 0.206. The molecule has 1 aliphatic rings. The summed E-state index contributed by atoms with van der Waals surface area (Å²) < 4.78 is 51.4. The van der Waals surface area contributed by atoms with E-state index in [2.05, 4.69) is 15.5 Å². The zero-order valence-electron chi connectivity index (χ0n) is 18.1. The van der Waals surface area contributed by atoms with Crippen LogP contribution >= 0.6 is 11.6 Å². The lowest BCUT2D eigenvalue weighted by Gasteiger charge is -2.29. The van der Waals surface area contributed by atoms with Crippen molar-refractivity contribution in [3.05, 3.63) is 58.9 Å². The van der Waals surface area contributed by atoms with Gasteiger partial charge < -0.3 is 19.5 Å². The zero-order valence-corrected chi connectivity index (χ0v) is 18.8. The molecule has 2 aromatic carbocycles. The summed E-state index contributed by atoms with van der Waals surface area (Å²) in [5, 5.41) is 6.87. The molecular weight excluding hydrogens is 473 g/mol. The van der Waals surface area contributed by atoms with Gasteiger partial charge in [0.05, 0.1) is 24.5 Å². The summed E-state index contributed by atoms with van der Waals surface area (Å²) in [5.41, 5.74) is 0.0329. The van der Waals surface area contributed by atoms with Crippen molar-refractivity contribution in [3.8, 4) is 11.4 Å². The number of nitrogens with zero attached hydrogens (tertiary/aromatic N) is 3. The fourth-order valence-electron chi connectivity index (χ4n) is 3.58. The summed E-state index contributed by atoms with van der Waals surface area (Å²) in [7, 11) is 0. The number of hydrogen-bond acceptors (Lipinski definition) is 6. The van der Waals surface area contributed by atoms with Crippen molar-refractivity contribution < 1.29 is 27.2 Å². The number of aromatic nitrogens is 2. The lowest BCUT2D eigenvalue weighted by Crippen LogP contribution is -2.36. The first-order valence-corrected chi connectivity index (χ1v) is 11.1. The first-order chi connectivity index (χ1) is 16.3. The highest BCUT2D eigenvalue weighted by Crippen LogP contribution is 2.37. The number of carbonyl (C=O) groups is 1. The Morgan fingerprint density at radius 1 is 1.12 bits per heavy atom. The standard InChI is InChI=1S/C23H22ClF3N4O3/c24-16-6-4-15(5-7-16)22-29-21(34-30-22)3-1-2-20(32)28-19-9-8-17(14-18(19)23(25,26)27)31-10-12-33-13-11-31/h4-9,14H,1-3,10-13H2,(H,28,32). The van der Waals surface area contributed by atoms with Gasteiger partial charge in [0.1, 0.15) is 0 Å². The SMILES string of the molecule is O=C(CCCc1nc(-c2ccc(Cl)cc2)no1)Nc1ccc(N2CCOCC2)cc1C(F)(F)F. The smallest absolute Gasteiger partial charge is 0.378 e. The Balaban J connectivity index is 1.35. The summed E-state index contributed by atoms with van der Waals surface area (Å²) in [6, 6.07) is 10.9.